The van der Waals surface area contributed by atoms with Crippen molar-refractivity contribution in [3.63, 3.8) is 0 Å². The molecule has 24 heavy (non-hydrogen) atoms. The monoisotopic (exact) mass is 341 g/mol. The van der Waals surface area contributed by atoms with Crippen LogP contribution >= 0.6 is 11.6 Å². The average molecular weight is 342 g/mol. The molecular weight excluding hydrogens is 328 g/mol. The van der Waals surface area contributed by atoms with Gasteiger partial charge in [0, 0.05) is 30.2 Å². The number of pyridine rings is 1. The van der Waals surface area contributed by atoms with Crippen LogP contribution in [0.5, 0.6) is 0 Å². The summed E-state index contributed by atoms with van der Waals surface area (Å²) in [5.74, 6) is -0.567. The second-order valence-electron chi connectivity index (χ2n) is 5.17. The van der Waals surface area contributed by atoms with Crippen LogP contribution in [0.2, 0.25) is 5.02 Å². The van der Waals surface area contributed by atoms with Crippen LogP contribution in [-0.4, -0.2) is 23.3 Å². The van der Waals surface area contributed by atoms with E-state index in [4.69, 9.17) is 11.6 Å². The lowest BCUT2D eigenvalue weighted by Crippen LogP contribution is -2.34. The molecule has 0 bridgehead atoms. The van der Waals surface area contributed by atoms with Gasteiger partial charge in [-0.3, -0.25) is 14.6 Å². The number of amides is 2. The maximum atomic E-state index is 12.0. The predicted octanol–water partition coefficient (Wildman–Crippen LogP) is 0.126. The van der Waals surface area contributed by atoms with Crippen LogP contribution in [-0.2, 0) is 16.1 Å². The highest BCUT2D eigenvalue weighted by Crippen LogP contribution is 2.17. The number of nitrogens with zero attached hydrogens (tertiary/aromatic N) is 2. The summed E-state index contributed by atoms with van der Waals surface area (Å²) in [4.78, 5) is 27.5. The van der Waals surface area contributed by atoms with E-state index in [0.29, 0.717) is 22.5 Å². The van der Waals surface area contributed by atoms with E-state index in [1.807, 2.05) is 18.2 Å². The van der Waals surface area contributed by atoms with E-state index in [9.17, 15) is 9.59 Å². The first-order valence-corrected chi connectivity index (χ1v) is 7.66. The maximum absolute atomic E-state index is 12.0. The molecule has 0 fully saturated rings. The van der Waals surface area contributed by atoms with Crippen molar-refractivity contribution in [1.82, 2.24) is 15.6 Å². The minimum absolute atomic E-state index is 0.119. The first kappa shape index (κ1) is 16.2. The van der Waals surface area contributed by atoms with E-state index in [1.54, 1.807) is 18.3 Å². The number of benzene rings is 1. The smallest absolute Gasteiger partial charge is 0.270 e. The van der Waals surface area contributed by atoms with Crippen molar-refractivity contribution in [2.24, 2.45) is 0 Å². The van der Waals surface area contributed by atoms with Gasteiger partial charge >= 0.3 is 0 Å². The Morgan fingerprint density at radius 2 is 2.08 bits per heavy atom. The number of anilines is 1. The van der Waals surface area contributed by atoms with E-state index >= 15 is 0 Å². The Morgan fingerprint density at radius 3 is 2.88 bits per heavy atom. The molecule has 0 unspecified atom stereocenters. The van der Waals surface area contributed by atoms with Crippen molar-refractivity contribution in [1.29, 1.82) is 0 Å². The van der Waals surface area contributed by atoms with Gasteiger partial charge in [-0.25, -0.2) is 5.32 Å². The van der Waals surface area contributed by atoms with Crippen molar-refractivity contribution in [2.75, 3.05) is 11.9 Å². The summed E-state index contributed by atoms with van der Waals surface area (Å²) in [5, 5.41) is 11.2. The molecule has 0 spiro atoms. The molecule has 2 amide bonds. The lowest BCUT2D eigenvalue weighted by atomic mass is 10.2. The number of rotatable bonds is 5. The first-order chi connectivity index (χ1) is 11.6. The molecule has 2 N–H and O–H groups in total. The lowest BCUT2D eigenvalue weighted by molar-refractivity contribution is -0.115. The Bertz CT molecular complexity index is 897. The van der Waals surface area contributed by atoms with Gasteiger partial charge in [-0.05, 0) is 29.5 Å². The largest absolute Gasteiger partial charge is 0.324 e. The Kier molecular flexibility index (Phi) is 4.88. The number of nitrogens with one attached hydrogen (secondary N) is 2. The minimum Gasteiger partial charge on any atom is -0.324 e. The summed E-state index contributed by atoms with van der Waals surface area (Å²) >= 11 is 6.17. The third kappa shape index (κ3) is 3.98. The summed E-state index contributed by atoms with van der Waals surface area (Å²) in [7, 11) is 0. The summed E-state index contributed by atoms with van der Waals surface area (Å²) in [6.45, 7) is 0.610. The molecular formula is C17H14ClN4O2. The molecule has 0 saturated carbocycles. The predicted molar refractivity (Wildman–Crippen MR) is 91.3 cm³/mol. The lowest BCUT2D eigenvalue weighted by Gasteiger charge is -2.09. The van der Waals surface area contributed by atoms with Gasteiger partial charge in [-0.2, -0.15) is 0 Å². The van der Waals surface area contributed by atoms with E-state index in [-0.39, 0.29) is 18.4 Å². The molecule has 0 atom stereocenters. The van der Waals surface area contributed by atoms with Crippen molar-refractivity contribution in [2.45, 2.75) is 6.54 Å². The molecule has 7 heteroatoms. The van der Waals surface area contributed by atoms with Gasteiger partial charge in [0.2, 0.25) is 5.91 Å². The molecule has 3 rings (SSSR count). The molecule has 1 aliphatic rings. The van der Waals surface area contributed by atoms with Crippen LogP contribution in [0.15, 0.2) is 36.5 Å². The number of fused-ring (bicyclic) bond motifs is 1. The van der Waals surface area contributed by atoms with E-state index < -0.39 is 0 Å². The van der Waals surface area contributed by atoms with E-state index in [1.165, 1.54) is 12.3 Å². The van der Waals surface area contributed by atoms with Crippen LogP contribution in [0.25, 0.3) is 12.3 Å². The van der Waals surface area contributed by atoms with Crippen molar-refractivity contribution < 1.29 is 9.59 Å². The number of hydrogen-bond acceptors (Lipinski definition) is 4. The average Bonchev–Trinajstić information content (AvgIpc) is 2.57. The quantitative estimate of drug-likeness (QED) is 0.809. The molecule has 1 aromatic carbocycles. The SMILES string of the molecule is O=C1C=c2cc(NC(=O)CNCc3ccccn3)c(Cl)cc2=C[N]1. The van der Waals surface area contributed by atoms with Gasteiger partial charge in [0.15, 0.2) is 0 Å². The second-order valence-corrected chi connectivity index (χ2v) is 5.58. The molecule has 6 nitrogen and oxygen atoms in total. The fraction of sp³-hybridized carbons (Fsp3) is 0.118. The van der Waals surface area contributed by atoms with Crippen LogP contribution < -0.4 is 26.4 Å². The number of halogens is 1. The summed E-state index contributed by atoms with van der Waals surface area (Å²) in [5.41, 5.74) is 1.31. The molecule has 1 radical (unpaired) electrons. The van der Waals surface area contributed by atoms with Crippen LogP contribution in [0, 0.1) is 0 Å². The molecule has 0 aliphatic carbocycles. The number of aromatic nitrogens is 1. The van der Waals surface area contributed by atoms with Crippen LogP contribution in [0.4, 0.5) is 5.69 Å². The minimum atomic E-state index is -0.334. The molecule has 2 heterocycles. The van der Waals surface area contributed by atoms with Crippen molar-refractivity contribution >= 4 is 41.4 Å². The molecule has 0 saturated heterocycles. The summed E-state index contributed by atoms with van der Waals surface area (Å²) < 4.78 is 0. The highest BCUT2D eigenvalue weighted by atomic mass is 35.5. The van der Waals surface area contributed by atoms with E-state index in [0.717, 1.165) is 10.9 Å². The van der Waals surface area contributed by atoms with Gasteiger partial charge in [0.1, 0.15) is 0 Å². The van der Waals surface area contributed by atoms with Crippen LogP contribution in [0.3, 0.4) is 0 Å². The highest BCUT2D eigenvalue weighted by Gasteiger charge is 2.09. The first-order valence-electron chi connectivity index (χ1n) is 7.28. The highest BCUT2D eigenvalue weighted by molar-refractivity contribution is 6.33. The zero-order chi connectivity index (χ0) is 16.9. The summed E-state index contributed by atoms with van der Waals surface area (Å²) in [6.07, 6.45) is 4.56. The fourth-order valence-corrected chi connectivity index (χ4v) is 2.46. The van der Waals surface area contributed by atoms with Gasteiger partial charge in [0.25, 0.3) is 5.91 Å². The molecule has 2 aromatic rings. The third-order valence-corrected chi connectivity index (χ3v) is 3.69. The number of hydrogen-bond donors (Lipinski definition) is 2. The van der Waals surface area contributed by atoms with Gasteiger partial charge in [-0.1, -0.05) is 17.7 Å². The standard InChI is InChI=1S/C17H14ClN4O2/c18-14-5-12-8-21-16(23)7-11(12)6-15(14)22-17(24)10-19-9-13-3-1-2-4-20-13/h1-8,19H,9-10H2,(H,22,24). The van der Waals surface area contributed by atoms with Crippen LogP contribution in [0.1, 0.15) is 5.69 Å². The van der Waals surface area contributed by atoms with Gasteiger partial charge in [0.05, 0.1) is 22.9 Å². The Morgan fingerprint density at radius 1 is 1.21 bits per heavy atom. The second kappa shape index (κ2) is 7.25. The zero-order valence-corrected chi connectivity index (χ0v) is 13.4. The molecule has 1 aliphatic heterocycles. The fourth-order valence-electron chi connectivity index (χ4n) is 2.24. The Hall–Kier alpha value is -2.70. The van der Waals surface area contributed by atoms with Crippen molar-refractivity contribution in [3.8, 4) is 0 Å². The number of carbonyl (C=O) groups is 2. The van der Waals surface area contributed by atoms with Gasteiger partial charge < -0.3 is 10.6 Å². The molecule has 1 aromatic heterocycles. The number of carbonyl (C=O) groups excluding carboxylic acids is 2. The van der Waals surface area contributed by atoms with E-state index in [2.05, 4.69) is 20.9 Å². The molecule has 121 valence electrons. The maximum Gasteiger partial charge on any atom is 0.270 e. The summed E-state index contributed by atoms with van der Waals surface area (Å²) in [6, 6.07) is 8.93. The Balaban J connectivity index is 1.64. The Labute approximate surface area is 143 Å². The van der Waals surface area contributed by atoms with Gasteiger partial charge in [-0.15, -0.1) is 0 Å². The normalized spacial score (nSPS) is 12.5. The zero-order valence-electron chi connectivity index (χ0n) is 12.6. The topological polar surface area (TPSA) is 85.2 Å². The van der Waals surface area contributed by atoms with Crippen molar-refractivity contribution in [3.05, 3.63) is 57.7 Å². The third-order valence-electron chi connectivity index (χ3n) is 3.37.